The normalized spacial score (nSPS) is 17.2. The Balaban J connectivity index is 1.96. The standard InChI is InChI=1S/C18H24N2O3/c1-12(2)20-15(11-19-7-5-16(21)6-8-19)9-13-3-4-14(18(22)23)10-17(13)20/h3-4,9-10,12,16,21H,5-8,11H2,1-2H3,(H,22,23). The van der Waals surface area contributed by atoms with Gasteiger partial charge in [-0.3, -0.25) is 4.90 Å². The largest absolute Gasteiger partial charge is 0.478 e. The maximum Gasteiger partial charge on any atom is 0.335 e. The Bertz CT molecular complexity index is 712. The van der Waals surface area contributed by atoms with Crippen LogP contribution >= 0.6 is 0 Å². The fraction of sp³-hybridized carbons (Fsp3) is 0.500. The zero-order valence-electron chi connectivity index (χ0n) is 13.7. The van der Waals surface area contributed by atoms with Crippen LogP contribution in [-0.2, 0) is 6.54 Å². The molecular formula is C18H24N2O3. The number of hydrogen-bond acceptors (Lipinski definition) is 3. The van der Waals surface area contributed by atoms with Crippen molar-refractivity contribution in [1.82, 2.24) is 9.47 Å². The Morgan fingerprint density at radius 1 is 1.26 bits per heavy atom. The van der Waals surface area contributed by atoms with Gasteiger partial charge in [0.2, 0.25) is 0 Å². The second-order valence-corrected chi connectivity index (χ2v) is 6.69. The number of aliphatic hydroxyl groups is 1. The minimum absolute atomic E-state index is 0.166. The Morgan fingerprint density at radius 2 is 1.96 bits per heavy atom. The molecule has 3 rings (SSSR count). The molecule has 1 aromatic heterocycles. The molecule has 23 heavy (non-hydrogen) atoms. The monoisotopic (exact) mass is 316 g/mol. The highest BCUT2D eigenvalue weighted by molar-refractivity contribution is 5.93. The molecule has 2 aromatic rings. The number of aromatic carboxylic acids is 1. The van der Waals surface area contributed by atoms with Gasteiger partial charge in [0.15, 0.2) is 0 Å². The minimum atomic E-state index is -0.894. The average molecular weight is 316 g/mol. The topological polar surface area (TPSA) is 65.7 Å². The maximum atomic E-state index is 11.2. The van der Waals surface area contributed by atoms with Gasteiger partial charge in [-0.15, -0.1) is 0 Å². The van der Waals surface area contributed by atoms with Crippen LogP contribution in [0.15, 0.2) is 24.3 Å². The first-order chi connectivity index (χ1) is 11.0. The van der Waals surface area contributed by atoms with Gasteiger partial charge >= 0.3 is 5.97 Å². The molecule has 124 valence electrons. The molecule has 0 bridgehead atoms. The third-order valence-electron chi connectivity index (χ3n) is 4.63. The molecule has 0 saturated carbocycles. The van der Waals surface area contributed by atoms with Crippen LogP contribution in [0.2, 0.25) is 0 Å². The number of aliphatic hydroxyl groups excluding tert-OH is 1. The van der Waals surface area contributed by atoms with Crippen molar-refractivity contribution < 1.29 is 15.0 Å². The van der Waals surface area contributed by atoms with E-state index in [4.69, 9.17) is 0 Å². The van der Waals surface area contributed by atoms with Crippen LogP contribution in [0.1, 0.15) is 48.8 Å². The molecular weight excluding hydrogens is 292 g/mol. The number of aromatic nitrogens is 1. The van der Waals surface area contributed by atoms with Gasteiger partial charge in [0.25, 0.3) is 0 Å². The number of carboxylic acids is 1. The molecule has 2 N–H and O–H groups in total. The van der Waals surface area contributed by atoms with Gasteiger partial charge in [0.1, 0.15) is 0 Å². The lowest BCUT2D eigenvalue weighted by Crippen LogP contribution is -2.35. The number of likely N-dealkylation sites (tertiary alicyclic amines) is 1. The Morgan fingerprint density at radius 3 is 2.57 bits per heavy atom. The van der Waals surface area contributed by atoms with Crippen LogP contribution in [-0.4, -0.2) is 44.8 Å². The van der Waals surface area contributed by atoms with Gasteiger partial charge in [-0.05, 0) is 50.3 Å². The van der Waals surface area contributed by atoms with Gasteiger partial charge < -0.3 is 14.8 Å². The van der Waals surface area contributed by atoms with E-state index in [2.05, 4.69) is 29.4 Å². The van der Waals surface area contributed by atoms with E-state index < -0.39 is 5.97 Å². The summed E-state index contributed by atoms with van der Waals surface area (Å²) in [6.45, 7) is 6.89. The van der Waals surface area contributed by atoms with Crippen molar-refractivity contribution >= 4 is 16.9 Å². The van der Waals surface area contributed by atoms with Gasteiger partial charge in [0.05, 0.1) is 11.7 Å². The number of hydrogen-bond donors (Lipinski definition) is 2. The minimum Gasteiger partial charge on any atom is -0.478 e. The van der Waals surface area contributed by atoms with Gasteiger partial charge in [-0.1, -0.05) is 6.07 Å². The number of fused-ring (bicyclic) bond motifs is 1. The molecule has 0 spiro atoms. The third-order valence-corrected chi connectivity index (χ3v) is 4.63. The molecule has 1 saturated heterocycles. The summed E-state index contributed by atoms with van der Waals surface area (Å²) < 4.78 is 2.23. The molecule has 5 nitrogen and oxygen atoms in total. The number of nitrogens with zero attached hydrogens (tertiary/aromatic N) is 2. The van der Waals surface area contributed by atoms with Crippen molar-refractivity contribution in [2.45, 2.75) is 45.4 Å². The number of carboxylic acid groups (broad SMARTS) is 1. The van der Waals surface area contributed by atoms with Crippen molar-refractivity contribution in [2.75, 3.05) is 13.1 Å². The molecule has 5 heteroatoms. The van der Waals surface area contributed by atoms with Crippen LogP contribution in [0.3, 0.4) is 0 Å². The fourth-order valence-corrected chi connectivity index (χ4v) is 3.45. The highest BCUT2D eigenvalue weighted by atomic mass is 16.4. The summed E-state index contributed by atoms with van der Waals surface area (Å²) in [5, 5.41) is 19.9. The van der Waals surface area contributed by atoms with Crippen LogP contribution in [0.25, 0.3) is 10.9 Å². The molecule has 0 radical (unpaired) electrons. The van der Waals surface area contributed by atoms with E-state index in [1.54, 1.807) is 12.1 Å². The Hall–Kier alpha value is -1.85. The maximum absolute atomic E-state index is 11.2. The van der Waals surface area contributed by atoms with E-state index in [0.29, 0.717) is 5.56 Å². The van der Waals surface area contributed by atoms with E-state index in [0.717, 1.165) is 43.4 Å². The highest BCUT2D eigenvalue weighted by Gasteiger charge is 2.20. The number of carbonyl (C=O) groups is 1. The number of benzene rings is 1. The first-order valence-corrected chi connectivity index (χ1v) is 8.23. The lowest BCUT2D eigenvalue weighted by atomic mass is 10.1. The number of piperidine rings is 1. The zero-order chi connectivity index (χ0) is 16.6. The average Bonchev–Trinajstić information content (AvgIpc) is 2.86. The summed E-state index contributed by atoms with van der Waals surface area (Å²) in [4.78, 5) is 13.6. The summed E-state index contributed by atoms with van der Waals surface area (Å²) in [5.41, 5.74) is 2.51. The first-order valence-electron chi connectivity index (χ1n) is 8.23. The fourth-order valence-electron chi connectivity index (χ4n) is 3.45. The SMILES string of the molecule is CC(C)n1c(CN2CCC(O)CC2)cc2ccc(C(=O)O)cc21. The smallest absolute Gasteiger partial charge is 0.335 e. The van der Waals surface area contributed by atoms with Gasteiger partial charge in [0, 0.05) is 36.9 Å². The summed E-state index contributed by atoms with van der Waals surface area (Å²) in [6, 6.07) is 7.74. The lowest BCUT2D eigenvalue weighted by molar-refractivity contribution is 0.0697. The van der Waals surface area contributed by atoms with E-state index in [1.807, 2.05) is 6.07 Å². The molecule has 1 aliphatic rings. The van der Waals surface area contributed by atoms with E-state index in [1.165, 1.54) is 5.69 Å². The third kappa shape index (κ3) is 3.26. The molecule has 0 unspecified atom stereocenters. The predicted molar refractivity (Wildman–Crippen MR) is 89.8 cm³/mol. The Labute approximate surface area is 136 Å². The lowest BCUT2D eigenvalue weighted by Gasteiger charge is -2.30. The van der Waals surface area contributed by atoms with Crippen LogP contribution in [0.5, 0.6) is 0 Å². The van der Waals surface area contributed by atoms with Crippen LogP contribution in [0.4, 0.5) is 0 Å². The molecule has 0 atom stereocenters. The van der Waals surface area contributed by atoms with Crippen molar-refractivity contribution in [3.05, 3.63) is 35.5 Å². The molecule has 0 aliphatic carbocycles. The molecule has 1 fully saturated rings. The highest BCUT2D eigenvalue weighted by Crippen LogP contribution is 2.27. The van der Waals surface area contributed by atoms with E-state index in [-0.39, 0.29) is 12.1 Å². The quantitative estimate of drug-likeness (QED) is 0.910. The van der Waals surface area contributed by atoms with Crippen molar-refractivity contribution in [1.29, 1.82) is 0 Å². The Kier molecular flexibility index (Phi) is 4.41. The van der Waals surface area contributed by atoms with Crippen molar-refractivity contribution in [3.63, 3.8) is 0 Å². The summed E-state index contributed by atoms with van der Waals surface area (Å²) in [5.74, 6) is -0.894. The van der Waals surface area contributed by atoms with E-state index >= 15 is 0 Å². The predicted octanol–water partition coefficient (Wildman–Crippen LogP) is 2.88. The zero-order valence-corrected chi connectivity index (χ0v) is 13.7. The van der Waals surface area contributed by atoms with Crippen LogP contribution in [0, 0.1) is 0 Å². The van der Waals surface area contributed by atoms with Crippen LogP contribution < -0.4 is 0 Å². The molecule has 2 heterocycles. The van der Waals surface area contributed by atoms with Gasteiger partial charge in [-0.25, -0.2) is 4.79 Å². The molecule has 1 aliphatic heterocycles. The summed E-state index contributed by atoms with van der Waals surface area (Å²) in [7, 11) is 0. The van der Waals surface area contributed by atoms with Gasteiger partial charge in [-0.2, -0.15) is 0 Å². The van der Waals surface area contributed by atoms with Crippen molar-refractivity contribution in [3.8, 4) is 0 Å². The first kappa shape index (κ1) is 16.0. The molecule has 1 aromatic carbocycles. The second kappa shape index (κ2) is 6.34. The van der Waals surface area contributed by atoms with E-state index in [9.17, 15) is 15.0 Å². The second-order valence-electron chi connectivity index (χ2n) is 6.69. The summed E-state index contributed by atoms with van der Waals surface area (Å²) in [6.07, 6.45) is 1.48. The molecule has 0 amide bonds. The number of rotatable bonds is 4. The van der Waals surface area contributed by atoms with Crippen molar-refractivity contribution in [2.24, 2.45) is 0 Å². The summed E-state index contributed by atoms with van der Waals surface area (Å²) >= 11 is 0.